The lowest BCUT2D eigenvalue weighted by atomic mass is 10.1. The molecule has 0 aliphatic rings. The quantitative estimate of drug-likeness (QED) is 0.783. The van der Waals surface area contributed by atoms with Crippen LogP contribution in [0.3, 0.4) is 0 Å². The fourth-order valence-electron chi connectivity index (χ4n) is 2.05. The van der Waals surface area contributed by atoms with Crippen molar-refractivity contribution in [3.63, 3.8) is 0 Å². The SMILES string of the molecule is O=C(O)c1cc2ccccc2cc1OCc1ccco1. The zero-order valence-electron chi connectivity index (χ0n) is 10.6. The number of carboxylic acid groups (broad SMARTS) is 1. The number of fused-ring (bicyclic) bond motifs is 1. The number of carbonyl (C=O) groups is 1. The molecule has 0 aliphatic heterocycles. The molecule has 20 heavy (non-hydrogen) atoms. The summed E-state index contributed by atoms with van der Waals surface area (Å²) in [6.07, 6.45) is 1.55. The summed E-state index contributed by atoms with van der Waals surface area (Å²) in [7, 11) is 0. The van der Waals surface area contributed by atoms with Crippen molar-refractivity contribution in [1.29, 1.82) is 0 Å². The first-order valence-corrected chi connectivity index (χ1v) is 6.15. The first-order chi connectivity index (χ1) is 9.74. The Hall–Kier alpha value is -2.75. The molecule has 0 saturated heterocycles. The van der Waals surface area contributed by atoms with Crippen molar-refractivity contribution in [3.05, 3.63) is 66.1 Å². The van der Waals surface area contributed by atoms with Gasteiger partial charge in [0, 0.05) is 0 Å². The third-order valence-corrected chi connectivity index (χ3v) is 3.03. The van der Waals surface area contributed by atoms with Gasteiger partial charge in [0.15, 0.2) is 0 Å². The second kappa shape index (κ2) is 5.09. The van der Waals surface area contributed by atoms with Crippen molar-refractivity contribution in [2.75, 3.05) is 0 Å². The van der Waals surface area contributed by atoms with Crippen molar-refractivity contribution >= 4 is 16.7 Å². The van der Waals surface area contributed by atoms with Crippen LogP contribution < -0.4 is 4.74 Å². The number of hydrogen-bond acceptors (Lipinski definition) is 3. The Morgan fingerprint density at radius 3 is 2.50 bits per heavy atom. The molecular formula is C16H12O4. The van der Waals surface area contributed by atoms with Gasteiger partial charge in [-0.1, -0.05) is 24.3 Å². The number of carboxylic acids is 1. The zero-order valence-corrected chi connectivity index (χ0v) is 10.6. The number of hydrogen-bond donors (Lipinski definition) is 1. The van der Waals surface area contributed by atoms with E-state index >= 15 is 0 Å². The second-order valence-electron chi connectivity index (χ2n) is 4.37. The first-order valence-electron chi connectivity index (χ1n) is 6.15. The molecule has 2 aromatic carbocycles. The van der Waals surface area contributed by atoms with E-state index in [1.165, 1.54) is 0 Å². The van der Waals surface area contributed by atoms with E-state index in [1.54, 1.807) is 30.5 Å². The Morgan fingerprint density at radius 2 is 1.85 bits per heavy atom. The van der Waals surface area contributed by atoms with Crippen LogP contribution in [0.5, 0.6) is 5.75 Å². The van der Waals surface area contributed by atoms with Gasteiger partial charge in [0.05, 0.1) is 6.26 Å². The van der Waals surface area contributed by atoms with Gasteiger partial charge in [-0.15, -0.1) is 0 Å². The normalized spacial score (nSPS) is 10.6. The van der Waals surface area contributed by atoms with Gasteiger partial charge >= 0.3 is 5.97 Å². The summed E-state index contributed by atoms with van der Waals surface area (Å²) < 4.78 is 10.7. The summed E-state index contributed by atoms with van der Waals surface area (Å²) in [6, 6.07) is 14.5. The highest BCUT2D eigenvalue weighted by atomic mass is 16.5. The highest BCUT2D eigenvalue weighted by molar-refractivity contribution is 5.97. The first kappa shape index (κ1) is 12.3. The van der Waals surface area contributed by atoms with Crippen molar-refractivity contribution in [1.82, 2.24) is 0 Å². The fraction of sp³-hybridized carbons (Fsp3) is 0.0625. The minimum atomic E-state index is -1.01. The van der Waals surface area contributed by atoms with Crippen LogP contribution in [0, 0.1) is 0 Å². The molecule has 0 aliphatic carbocycles. The monoisotopic (exact) mass is 268 g/mol. The Labute approximate surface area is 115 Å². The molecule has 1 N–H and O–H groups in total. The van der Waals surface area contributed by atoms with Crippen molar-refractivity contribution in [2.24, 2.45) is 0 Å². The average molecular weight is 268 g/mol. The van der Waals surface area contributed by atoms with E-state index in [-0.39, 0.29) is 12.2 Å². The number of aromatic carboxylic acids is 1. The van der Waals surface area contributed by atoms with E-state index < -0.39 is 5.97 Å². The Kier molecular flexibility index (Phi) is 3.13. The predicted octanol–water partition coefficient (Wildman–Crippen LogP) is 3.71. The van der Waals surface area contributed by atoms with Crippen LogP contribution in [0.15, 0.2) is 59.2 Å². The second-order valence-corrected chi connectivity index (χ2v) is 4.37. The maximum Gasteiger partial charge on any atom is 0.339 e. The molecule has 0 bridgehead atoms. The molecule has 100 valence electrons. The van der Waals surface area contributed by atoms with Gasteiger partial charge < -0.3 is 14.3 Å². The van der Waals surface area contributed by atoms with Crippen LogP contribution in [-0.2, 0) is 6.61 Å². The number of ether oxygens (including phenoxy) is 1. The van der Waals surface area contributed by atoms with Gasteiger partial charge in [-0.2, -0.15) is 0 Å². The summed E-state index contributed by atoms with van der Waals surface area (Å²) in [4.78, 5) is 11.3. The zero-order chi connectivity index (χ0) is 13.9. The Balaban J connectivity index is 1.98. The van der Waals surface area contributed by atoms with Crippen molar-refractivity contribution in [3.8, 4) is 5.75 Å². The van der Waals surface area contributed by atoms with Gasteiger partial charge in [-0.3, -0.25) is 0 Å². The predicted molar refractivity (Wildman–Crippen MR) is 73.9 cm³/mol. The molecule has 0 radical (unpaired) electrons. The lowest BCUT2D eigenvalue weighted by Crippen LogP contribution is -2.03. The molecule has 0 amide bonds. The molecule has 0 atom stereocenters. The van der Waals surface area contributed by atoms with E-state index in [1.807, 2.05) is 24.3 Å². The standard InChI is InChI=1S/C16H12O4/c17-16(18)14-8-11-4-1-2-5-12(11)9-15(14)20-10-13-6-3-7-19-13/h1-9H,10H2,(H,17,18). The molecule has 3 aromatic rings. The van der Waals surface area contributed by atoms with E-state index in [0.717, 1.165) is 10.8 Å². The van der Waals surface area contributed by atoms with Crippen LogP contribution in [0.25, 0.3) is 10.8 Å². The van der Waals surface area contributed by atoms with E-state index in [4.69, 9.17) is 9.15 Å². The average Bonchev–Trinajstić information content (AvgIpc) is 2.97. The lowest BCUT2D eigenvalue weighted by Gasteiger charge is -2.09. The van der Waals surface area contributed by atoms with Crippen LogP contribution in [0.2, 0.25) is 0 Å². The summed E-state index contributed by atoms with van der Waals surface area (Å²) in [5.41, 5.74) is 0.148. The van der Waals surface area contributed by atoms with Gasteiger partial charge in [0.1, 0.15) is 23.7 Å². The molecular weight excluding hydrogens is 256 g/mol. The molecule has 1 aromatic heterocycles. The van der Waals surface area contributed by atoms with Crippen molar-refractivity contribution < 1.29 is 19.1 Å². The summed E-state index contributed by atoms with van der Waals surface area (Å²) in [5, 5.41) is 11.1. The number of furan rings is 1. The van der Waals surface area contributed by atoms with Crippen LogP contribution in [0.4, 0.5) is 0 Å². The maximum absolute atomic E-state index is 11.3. The highest BCUT2D eigenvalue weighted by Gasteiger charge is 2.13. The summed E-state index contributed by atoms with van der Waals surface area (Å²) in [5.74, 6) is -0.0210. The third kappa shape index (κ3) is 2.36. The molecule has 4 nitrogen and oxygen atoms in total. The minimum absolute atomic E-state index is 0.148. The van der Waals surface area contributed by atoms with Gasteiger partial charge in [-0.05, 0) is 35.0 Å². The molecule has 0 fully saturated rings. The molecule has 4 heteroatoms. The van der Waals surface area contributed by atoms with Crippen LogP contribution >= 0.6 is 0 Å². The molecule has 0 spiro atoms. The van der Waals surface area contributed by atoms with Crippen molar-refractivity contribution in [2.45, 2.75) is 6.61 Å². The maximum atomic E-state index is 11.3. The van der Waals surface area contributed by atoms with E-state index in [9.17, 15) is 9.90 Å². The van der Waals surface area contributed by atoms with Gasteiger partial charge in [0.25, 0.3) is 0 Å². The molecule has 0 unspecified atom stereocenters. The van der Waals surface area contributed by atoms with Gasteiger partial charge in [0.2, 0.25) is 0 Å². The van der Waals surface area contributed by atoms with Gasteiger partial charge in [-0.25, -0.2) is 4.79 Å². The minimum Gasteiger partial charge on any atom is -0.485 e. The molecule has 3 rings (SSSR count). The Morgan fingerprint density at radius 1 is 1.10 bits per heavy atom. The smallest absolute Gasteiger partial charge is 0.339 e. The third-order valence-electron chi connectivity index (χ3n) is 3.03. The highest BCUT2D eigenvalue weighted by Crippen LogP contribution is 2.27. The van der Waals surface area contributed by atoms with E-state index in [2.05, 4.69) is 0 Å². The topological polar surface area (TPSA) is 59.7 Å². The Bertz CT molecular complexity index is 744. The number of benzene rings is 2. The lowest BCUT2D eigenvalue weighted by molar-refractivity contribution is 0.0691. The number of rotatable bonds is 4. The largest absolute Gasteiger partial charge is 0.485 e. The summed E-state index contributed by atoms with van der Waals surface area (Å²) in [6.45, 7) is 0.200. The van der Waals surface area contributed by atoms with Crippen LogP contribution in [0.1, 0.15) is 16.1 Å². The summed E-state index contributed by atoms with van der Waals surface area (Å²) >= 11 is 0. The fourth-order valence-corrected chi connectivity index (χ4v) is 2.05. The van der Waals surface area contributed by atoms with Crippen LogP contribution in [-0.4, -0.2) is 11.1 Å². The van der Waals surface area contributed by atoms with E-state index in [0.29, 0.717) is 11.5 Å². The molecule has 1 heterocycles. The molecule has 0 saturated carbocycles.